The molecule has 0 amide bonds. The summed E-state index contributed by atoms with van der Waals surface area (Å²) in [5.74, 6) is 0. The average molecular weight is 195 g/mol. The number of aryl methyl sites for hydroxylation is 2. The van der Waals surface area contributed by atoms with Gasteiger partial charge in [0.25, 0.3) is 0 Å². The first-order valence-electron chi connectivity index (χ1n) is 5.30. The predicted octanol–water partition coefficient (Wildman–Crippen LogP) is 3.35. The van der Waals surface area contributed by atoms with Crippen molar-refractivity contribution in [2.75, 3.05) is 0 Å². The molecule has 0 atom stereocenters. The van der Waals surface area contributed by atoms with Crippen LogP contribution >= 0.6 is 0 Å². The number of hydrogen-bond acceptors (Lipinski definition) is 0. The quantitative estimate of drug-likeness (QED) is 0.657. The highest BCUT2D eigenvalue weighted by Gasteiger charge is 2.17. The third-order valence-corrected chi connectivity index (χ3v) is 3.13. The molecule has 0 fully saturated rings. The van der Waals surface area contributed by atoms with Crippen molar-refractivity contribution in [3.63, 3.8) is 0 Å². The number of rotatable bonds is 1. The molecule has 1 heterocycles. The molecule has 1 aliphatic carbocycles. The van der Waals surface area contributed by atoms with Crippen molar-refractivity contribution in [1.29, 1.82) is 0 Å². The molecule has 3 rings (SSSR count). The second kappa shape index (κ2) is 3.13. The molecule has 0 saturated carbocycles. The van der Waals surface area contributed by atoms with Crippen LogP contribution in [0, 0.1) is 0 Å². The van der Waals surface area contributed by atoms with Crippen LogP contribution in [0.5, 0.6) is 0 Å². The van der Waals surface area contributed by atoms with E-state index in [4.69, 9.17) is 0 Å². The van der Waals surface area contributed by atoms with E-state index in [0.29, 0.717) is 0 Å². The monoisotopic (exact) mass is 195 g/mol. The molecule has 1 heteroatoms. The lowest BCUT2D eigenvalue weighted by Crippen LogP contribution is -2.04. The van der Waals surface area contributed by atoms with Gasteiger partial charge in [-0.05, 0) is 30.0 Å². The van der Waals surface area contributed by atoms with Crippen molar-refractivity contribution < 1.29 is 0 Å². The summed E-state index contributed by atoms with van der Waals surface area (Å²) in [6, 6.07) is 10.8. The Balaban J connectivity index is 2.31. The fraction of sp³-hybridized carbons (Fsp3) is 0.143. The Morgan fingerprint density at radius 2 is 1.87 bits per heavy atom. The number of fused-ring (bicyclic) bond motifs is 3. The molecule has 0 unspecified atom stereocenters. The third-order valence-electron chi connectivity index (χ3n) is 3.13. The SMILES string of the molecule is C=Cn1ccc2c1-c1ccccc1CC2. The first kappa shape index (κ1) is 8.54. The van der Waals surface area contributed by atoms with E-state index >= 15 is 0 Å². The van der Waals surface area contributed by atoms with Crippen LogP contribution in [0.15, 0.2) is 43.1 Å². The van der Waals surface area contributed by atoms with Gasteiger partial charge in [-0.25, -0.2) is 0 Å². The molecule has 2 aromatic rings. The summed E-state index contributed by atoms with van der Waals surface area (Å²) in [4.78, 5) is 0. The summed E-state index contributed by atoms with van der Waals surface area (Å²) >= 11 is 0. The molecule has 1 aliphatic rings. The molecule has 0 bridgehead atoms. The van der Waals surface area contributed by atoms with E-state index in [1.165, 1.54) is 22.4 Å². The Morgan fingerprint density at radius 1 is 1.07 bits per heavy atom. The van der Waals surface area contributed by atoms with E-state index < -0.39 is 0 Å². The Kier molecular flexibility index (Phi) is 1.78. The Hall–Kier alpha value is -1.76. The van der Waals surface area contributed by atoms with E-state index in [2.05, 4.69) is 47.7 Å². The molecular weight excluding hydrogens is 182 g/mol. The number of hydrogen-bond donors (Lipinski definition) is 0. The van der Waals surface area contributed by atoms with Gasteiger partial charge >= 0.3 is 0 Å². The Bertz CT molecular complexity index is 520. The molecule has 1 nitrogen and oxygen atoms in total. The van der Waals surface area contributed by atoms with E-state index in [-0.39, 0.29) is 0 Å². The van der Waals surface area contributed by atoms with Gasteiger partial charge in [-0.1, -0.05) is 30.8 Å². The maximum atomic E-state index is 3.85. The molecule has 0 saturated heterocycles. The summed E-state index contributed by atoms with van der Waals surface area (Å²) in [6.45, 7) is 3.85. The zero-order valence-corrected chi connectivity index (χ0v) is 8.61. The van der Waals surface area contributed by atoms with Crippen LogP contribution in [0.25, 0.3) is 17.5 Å². The molecular formula is C14H13N. The van der Waals surface area contributed by atoms with Gasteiger partial charge in [0.2, 0.25) is 0 Å². The number of aromatic nitrogens is 1. The highest BCUT2D eigenvalue weighted by Crippen LogP contribution is 2.33. The van der Waals surface area contributed by atoms with Crippen LogP contribution in [0.4, 0.5) is 0 Å². The van der Waals surface area contributed by atoms with Crippen molar-refractivity contribution in [3.05, 3.63) is 54.2 Å². The van der Waals surface area contributed by atoms with E-state index in [1.54, 1.807) is 0 Å². The minimum Gasteiger partial charge on any atom is -0.324 e. The molecule has 0 spiro atoms. The molecule has 1 aromatic heterocycles. The van der Waals surface area contributed by atoms with Gasteiger partial charge < -0.3 is 4.57 Å². The molecule has 15 heavy (non-hydrogen) atoms. The van der Waals surface area contributed by atoms with Gasteiger partial charge in [0.05, 0.1) is 5.69 Å². The molecule has 0 radical (unpaired) electrons. The van der Waals surface area contributed by atoms with E-state index in [0.717, 1.165) is 12.8 Å². The van der Waals surface area contributed by atoms with Gasteiger partial charge in [-0.15, -0.1) is 0 Å². The van der Waals surface area contributed by atoms with Crippen molar-refractivity contribution in [1.82, 2.24) is 4.57 Å². The first-order valence-corrected chi connectivity index (χ1v) is 5.30. The summed E-state index contributed by atoms with van der Waals surface area (Å²) in [6.07, 6.45) is 6.28. The Labute approximate surface area is 89.7 Å². The lowest BCUT2D eigenvalue weighted by molar-refractivity contribution is 0.934. The third kappa shape index (κ3) is 1.16. The molecule has 74 valence electrons. The van der Waals surface area contributed by atoms with Crippen LogP contribution < -0.4 is 0 Å². The highest BCUT2D eigenvalue weighted by molar-refractivity contribution is 5.72. The smallest absolute Gasteiger partial charge is 0.0556 e. The molecule has 0 aliphatic heterocycles. The predicted molar refractivity (Wildman–Crippen MR) is 63.7 cm³/mol. The average Bonchev–Trinajstić information content (AvgIpc) is 2.72. The van der Waals surface area contributed by atoms with Gasteiger partial charge in [0, 0.05) is 18.0 Å². The first-order chi connectivity index (χ1) is 7.40. The zero-order valence-electron chi connectivity index (χ0n) is 8.61. The van der Waals surface area contributed by atoms with Gasteiger partial charge in [-0.3, -0.25) is 0 Å². The fourth-order valence-electron chi connectivity index (χ4n) is 2.39. The van der Waals surface area contributed by atoms with Crippen LogP contribution in [0.3, 0.4) is 0 Å². The fourth-order valence-corrected chi connectivity index (χ4v) is 2.39. The standard InChI is InChI=1S/C14H13N/c1-2-15-10-9-12-8-7-11-5-3-4-6-13(11)14(12)15/h2-6,9-10H,1,7-8H2. The summed E-state index contributed by atoms with van der Waals surface area (Å²) in [5, 5.41) is 0. The van der Waals surface area contributed by atoms with Crippen LogP contribution in [0.1, 0.15) is 11.1 Å². The van der Waals surface area contributed by atoms with Crippen LogP contribution in [0.2, 0.25) is 0 Å². The summed E-state index contributed by atoms with van der Waals surface area (Å²) in [5.41, 5.74) is 5.58. The minimum absolute atomic E-state index is 1.15. The normalized spacial score (nSPS) is 13.1. The largest absolute Gasteiger partial charge is 0.324 e. The topological polar surface area (TPSA) is 4.93 Å². The second-order valence-electron chi connectivity index (χ2n) is 3.94. The van der Waals surface area contributed by atoms with Gasteiger partial charge in [0.15, 0.2) is 0 Å². The summed E-state index contributed by atoms with van der Waals surface area (Å²) in [7, 11) is 0. The Morgan fingerprint density at radius 3 is 2.73 bits per heavy atom. The van der Waals surface area contributed by atoms with Crippen molar-refractivity contribution in [2.24, 2.45) is 0 Å². The van der Waals surface area contributed by atoms with Gasteiger partial charge in [0.1, 0.15) is 0 Å². The summed E-state index contributed by atoms with van der Waals surface area (Å²) < 4.78 is 2.12. The maximum Gasteiger partial charge on any atom is 0.0556 e. The molecule has 1 aromatic carbocycles. The lowest BCUT2D eigenvalue weighted by atomic mass is 9.90. The van der Waals surface area contributed by atoms with Crippen molar-refractivity contribution in [3.8, 4) is 11.3 Å². The van der Waals surface area contributed by atoms with Gasteiger partial charge in [-0.2, -0.15) is 0 Å². The number of nitrogens with zero attached hydrogens (tertiary/aromatic N) is 1. The van der Waals surface area contributed by atoms with E-state index in [1.807, 2.05) is 6.20 Å². The molecule has 0 N–H and O–H groups in total. The van der Waals surface area contributed by atoms with Crippen LogP contribution in [-0.2, 0) is 12.8 Å². The second-order valence-corrected chi connectivity index (χ2v) is 3.94. The number of benzene rings is 1. The maximum absolute atomic E-state index is 3.85. The van der Waals surface area contributed by atoms with Crippen molar-refractivity contribution >= 4 is 6.20 Å². The van der Waals surface area contributed by atoms with E-state index in [9.17, 15) is 0 Å². The van der Waals surface area contributed by atoms with Crippen LogP contribution in [-0.4, -0.2) is 4.57 Å². The minimum atomic E-state index is 1.15. The highest BCUT2D eigenvalue weighted by atomic mass is 14.9. The zero-order chi connectivity index (χ0) is 10.3. The van der Waals surface area contributed by atoms with Crippen molar-refractivity contribution in [2.45, 2.75) is 12.8 Å². The lowest BCUT2D eigenvalue weighted by Gasteiger charge is -2.18.